The molecule has 202 valence electrons. The smallest absolute Gasteiger partial charge is 0.378 e. The first kappa shape index (κ1) is 28.0. The van der Waals surface area contributed by atoms with E-state index >= 15 is 0 Å². The zero-order valence-corrected chi connectivity index (χ0v) is 22.6. The van der Waals surface area contributed by atoms with E-state index in [9.17, 15) is 13.2 Å². The lowest BCUT2D eigenvalue weighted by molar-refractivity contribution is -0.137. The lowest BCUT2D eigenvalue weighted by atomic mass is 9.88. The second-order valence-corrected chi connectivity index (χ2v) is 10.7. The van der Waals surface area contributed by atoms with Crippen molar-refractivity contribution in [1.29, 1.82) is 0 Å². The zero-order chi connectivity index (χ0) is 27.1. The summed E-state index contributed by atoms with van der Waals surface area (Å²) in [6, 6.07) is 24.8. The molecule has 2 unspecified atom stereocenters. The predicted octanol–water partition coefficient (Wildman–Crippen LogP) is 8.27. The third kappa shape index (κ3) is 7.50. The third-order valence-corrected chi connectivity index (χ3v) is 7.92. The Morgan fingerprint density at radius 2 is 1.47 bits per heavy atom. The van der Waals surface area contributed by atoms with Crippen LogP contribution in [0.25, 0.3) is 0 Å². The van der Waals surface area contributed by atoms with E-state index < -0.39 is 11.7 Å². The van der Waals surface area contributed by atoms with E-state index in [4.69, 9.17) is 0 Å². The lowest BCUT2D eigenvalue weighted by Gasteiger charge is -2.29. The SMILES string of the molecule is C=C(C(C)c1ccc(CN2CCCC2)cc1)N(C)CCC(Cc1ccc(C(F)(F)F)cc1)c1ccccc1. The normalized spacial score (nSPS) is 15.8. The van der Waals surface area contributed by atoms with E-state index in [-0.39, 0.29) is 11.8 Å². The molecule has 2 atom stereocenters. The van der Waals surface area contributed by atoms with Crippen molar-refractivity contribution in [2.24, 2.45) is 0 Å². The van der Waals surface area contributed by atoms with Crippen molar-refractivity contribution in [2.45, 2.75) is 57.2 Å². The average molecular weight is 521 g/mol. The van der Waals surface area contributed by atoms with Gasteiger partial charge < -0.3 is 4.90 Å². The van der Waals surface area contributed by atoms with Crippen LogP contribution in [-0.4, -0.2) is 36.5 Å². The summed E-state index contributed by atoms with van der Waals surface area (Å²) in [7, 11) is 2.08. The number of allylic oxidation sites excluding steroid dienone is 1. The van der Waals surface area contributed by atoms with Gasteiger partial charge >= 0.3 is 6.18 Å². The molecule has 0 amide bonds. The second-order valence-electron chi connectivity index (χ2n) is 10.7. The van der Waals surface area contributed by atoms with E-state index in [1.165, 1.54) is 54.8 Å². The highest BCUT2D eigenvalue weighted by Gasteiger charge is 2.30. The summed E-state index contributed by atoms with van der Waals surface area (Å²) >= 11 is 0. The van der Waals surface area contributed by atoms with E-state index in [0.717, 1.165) is 30.8 Å². The lowest BCUT2D eigenvalue weighted by Crippen LogP contribution is -2.24. The minimum Gasteiger partial charge on any atom is -0.378 e. The molecular weight excluding hydrogens is 481 g/mol. The van der Waals surface area contributed by atoms with Gasteiger partial charge in [-0.05, 0) is 79.1 Å². The molecule has 1 saturated heterocycles. The molecule has 38 heavy (non-hydrogen) atoms. The molecule has 0 spiro atoms. The molecule has 0 aliphatic carbocycles. The Labute approximate surface area is 225 Å². The summed E-state index contributed by atoms with van der Waals surface area (Å²) in [6.45, 7) is 10.8. The number of likely N-dealkylation sites (tertiary alicyclic amines) is 1. The van der Waals surface area contributed by atoms with Crippen molar-refractivity contribution in [3.8, 4) is 0 Å². The molecule has 1 fully saturated rings. The summed E-state index contributed by atoms with van der Waals surface area (Å²) in [4.78, 5) is 4.74. The van der Waals surface area contributed by atoms with Gasteiger partial charge in [-0.3, -0.25) is 4.90 Å². The first-order valence-electron chi connectivity index (χ1n) is 13.6. The maximum Gasteiger partial charge on any atom is 0.416 e. The molecule has 1 aliphatic rings. The summed E-state index contributed by atoms with van der Waals surface area (Å²) in [6.07, 6.45) is -0.141. The molecule has 0 N–H and O–H groups in total. The highest BCUT2D eigenvalue weighted by molar-refractivity contribution is 5.31. The topological polar surface area (TPSA) is 6.48 Å². The minimum absolute atomic E-state index is 0.198. The van der Waals surface area contributed by atoms with Gasteiger partial charge in [-0.15, -0.1) is 0 Å². The van der Waals surface area contributed by atoms with Crippen molar-refractivity contribution >= 4 is 0 Å². The van der Waals surface area contributed by atoms with Crippen LogP contribution in [0.4, 0.5) is 13.2 Å². The monoisotopic (exact) mass is 520 g/mol. The first-order valence-corrected chi connectivity index (χ1v) is 13.6. The van der Waals surface area contributed by atoms with Gasteiger partial charge in [0.15, 0.2) is 0 Å². The van der Waals surface area contributed by atoms with Crippen LogP contribution in [0.3, 0.4) is 0 Å². The number of hydrogen-bond acceptors (Lipinski definition) is 2. The van der Waals surface area contributed by atoms with Crippen LogP contribution >= 0.6 is 0 Å². The molecule has 1 heterocycles. The number of nitrogens with zero attached hydrogens (tertiary/aromatic N) is 2. The number of rotatable bonds is 11. The fourth-order valence-electron chi connectivity index (χ4n) is 5.35. The van der Waals surface area contributed by atoms with Gasteiger partial charge in [0.2, 0.25) is 0 Å². The Morgan fingerprint density at radius 3 is 2.08 bits per heavy atom. The highest BCUT2D eigenvalue weighted by Crippen LogP contribution is 2.32. The van der Waals surface area contributed by atoms with Crippen molar-refractivity contribution < 1.29 is 13.2 Å². The number of alkyl halides is 3. The van der Waals surface area contributed by atoms with Gasteiger partial charge in [-0.2, -0.15) is 13.2 Å². The molecule has 0 aromatic heterocycles. The van der Waals surface area contributed by atoms with Crippen LogP contribution < -0.4 is 0 Å². The molecule has 0 bridgehead atoms. The molecule has 3 aromatic carbocycles. The van der Waals surface area contributed by atoms with E-state index in [2.05, 4.69) is 66.7 Å². The second kappa shape index (κ2) is 12.7. The number of likely N-dealkylation sites (N-methyl/N-ethyl adjacent to an activating group) is 1. The summed E-state index contributed by atoms with van der Waals surface area (Å²) < 4.78 is 39.0. The van der Waals surface area contributed by atoms with E-state index in [1.807, 2.05) is 18.2 Å². The van der Waals surface area contributed by atoms with Crippen molar-refractivity contribution in [3.63, 3.8) is 0 Å². The van der Waals surface area contributed by atoms with E-state index in [0.29, 0.717) is 6.42 Å². The highest BCUT2D eigenvalue weighted by atomic mass is 19.4. The Kier molecular flexibility index (Phi) is 9.32. The quantitative estimate of drug-likeness (QED) is 0.251. The van der Waals surface area contributed by atoms with Crippen molar-refractivity contribution in [2.75, 3.05) is 26.7 Å². The van der Waals surface area contributed by atoms with Gasteiger partial charge in [0, 0.05) is 31.8 Å². The molecular formula is C33H39F3N2. The molecule has 0 radical (unpaired) electrons. The molecule has 3 aromatic rings. The molecule has 2 nitrogen and oxygen atoms in total. The van der Waals surface area contributed by atoms with E-state index in [1.54, 1.807) is 12.1 Å². The standard InChI is InChI=1S/C33H39F3N2/c1-25(29-15-11-28(12-16-29)24-38-20-7-8-21-38)26(2)37(3)22-19-31(30-9-5-4-6-10-30)23-27-13-17-32(18-14-27)33(34,35)36/h4-6,9-18,25,31H,2,7-8,19-24H2,1,3H3. The van der Waals surface area contributed by atoms with Crippen molar-refractivity contribution in [1.82, 2.24) is 9.80 Å². The van der Waals surface area contributed by atoms with Gasteiger partial charge in [-0.25, -0.2) is 0 Å². The summed E-state index contributed by atoms with van der Waals surface area (Å²) in [5, 5.41) is 0. The fourth-order valence-corrected chi connectivity index (χ4v) is 5.35. The van der Waals surface area contributed by atoms with Gasteiger partial charge in [0.05, 0.1) is 5.56 Å². The minimum atomic E-state index is -4.31. The molecule has 0 saturated carbocycles. The fraction of sp³-hybridized carbons (Fsp3) is 0.394. The number of halogens is 3. The van der Waals surface area contributed by atoms with Crippen LogP contribution in [0.5, 0.6) is 0 Å². The van der Waals surface area contributed by atoms with Crippen molar-refractivity contribution in [3.05, 3.63) is 119 Å². The van der Waals surface area contributed by atoms with Crippen LogP contribution in [0.15, 0.2) is 91.1 Å². The van der Waals surface area contributed by atoms with Crippen LogP contribution in [0.1, 0.15) is 65.8 Å². The largest absolute Gasteiger partial charge is 0.416 e. The molecule has 1 aliphatic heterocycles. The van der Waals surface area contributed by atoms with Gasteiger partial charge in [-0.1, -0.05) is 80.2 Å². The maximum atomic E-state index is 13.0. The summed E-state index contributed by atoms with van der Waals surface area (Å²) in [5.74, 6) is 0.397. The maximum absolute atomic E-state index is 13.0. The average Bonchev–Trinajstić information content (AvgIpc) is 3.44. The number of hydrogen-bond donors (Lipinski definition) is 0. The van der Waals surface area contributed by atoms with Gasteiger partial charge in [0.1, 0.15) is 0 Å². The Bertz CT molecular complexity index is 1150. The predicted molar refractivity (Wildman–Crippen MR) is 150 cm³/mol. The Hall–Kier alpha value is -3.05. The molecule has 5 heteroatoms. The van der Waals surface area contributed by atoms with Gasteiger partial charge in [0.25, 0.3) is 0 Å². The van der Waals surface area contributed by atoms with Crippen LogP contribution in [-0.2, 0) is 19.1 Å². The number of benzene rings is 3. The first-order chi connectivity index (χ1) is 18.2. The zero-order valence-electron chi connectivity index (χ0n) is 22.6. The molecule has 4 rings (SSSR count). The Balaban J connectivity index is 1.37. The summed E-state index contributed by atoms with van der Waals surface area (Å²) in [5.41, 5.74) is 5.20. The van der Waals surface area contributed by atoms with Crippen LogP contribution in [0.2, 0.25) is 0 Å². The van der Waals surface area contributed by atoms with Crippen LogP contribution in [0, 0.1) is 0 Å². The third-order valence-electron chi connectivity index (χ3n) is 7.92. The Morgan fingerprint density at radius 1 is 0.868 bits per heavy atom.